The van der Waals surface area contributed by atoms with Gasteiger partial charge in [0.1, 0.15) is 0 Å². The summed E-state index contributed by atoms with van der Waals surface area (Å²) in [7, 11) is -1.04. The summed E-state index contributed by atoms with van der Waals surface area (Å²) in [6.45, 7) is 0. The van der Waals surface area contributed by atoms with Crippen LogP contribution in [0.15, 0.2) is 29.2 Å². The van der Waals surface area contributed by atoms with Crippen molar-refractivity contribution in [1.29, 1.82) is 0 Å². The fourth-order valence-electron chi connectivity index (χ4n) is 1.87. The van der Waals surface area contributed by atoms with Crippen LogP contribution < -0.4 is 5.32 Å². The number of hydrogen-bond donors (Lipinski definition) is 1. The molecule has 0 heterocycles. The van der Waals surface area contributed by atoms with Crippen molar-refractivity contribution >= 4 is 21.6 Å². The molecule has 1 amide bonds. The van der Waals surface area contributed by atoms with Crippen molar-refractivity contribution in [3.05, 3.63) is 24.3 Å². The van der Waals surface area contributed by atoms with E-state index in [0.717, 1.165) is 23.7 Å². The maximum Gasteiger partial charge on any atom is 0.264 e. The number of sulfonamides is 1. The van der Waals surface area contributed by atoms with Gasteiger partial charge in [0.25, 0.3) is 10.0 Å². The summed E-state index contributed by atoms with van der Waals surface area (Å²) in [4.78, 5) is 16.6. The predicted molar refractivity (Wildman–Crippen MR) is 74.4 cm³/mol. The fourth-order valence-corrected chi connectivity index (χ4v) is 2.84. The van der Waals surface area contributed by atoms with Crippen molar-refractivity contribution in [2.45, 2.75) is 24.2 Å². The minimum atomic E-state index is -3.65. The second-order valence-electron chi connectivity index (χ2n) is 4.74. The van der Waals surface area contributed by atoms with Crippen LogP contribution in [-0.2, 0) is 19.7 Å². The number of carbonyl (C=O) groups is 1. The van der Waals surface area contributed by atoms with Gasteiger partial charge in [-0.25, -0.2) is 8.42 Å². The van der Waals surface area contributed by atoms with Crippen LogP contribution in [0.3, 0.4) is 0 Å². The minimum absolute atomic E-state index is 0.000803. The molecule has 7 heteroatoms. The number of amides is 1. The highest BCUT2D eigenvalue weighted by Gasteiger charge is 2.25. The van der Waals surface area contributed by atoms with Crippen LogP contribution in [0.25, 0.3) is 0 Å². The third-order valence-corrected chi connectivity index (χ3v) is 5.19. The van der Waals surface area contributed by atoms with E-state index >= 15 is 0 Å². The third-order valence-electron chi connectivity index (χ3n) is 3.49. The largest absolute Gasteiger partial charge is 0.326 e. The Hall–Kier alpha value is -1.44. The van der Waals surface area contributed by atoms with Crippen LogP contribution in [0.2, 0.25) is 0 Å². The van der Waals surface area contributed by atoms with Crippen LogP contribution >= 0.6 is 0 Å². The van der Waals surface area contributed by atoms with E-state index in [4.69, 9.17) is 4.84 Å². The van der Waals surface area contributed by atoms with Crippen molar-refractivity contribution in [2.75, 3.05) is 19.5 Å². The van der Waals surface area contributed by atoms with Gasteiger partial charge < -0.3 is 5.32 Å². The number of nitrogens with one attached hydrogen (secondary N) is 1. The minimum Gasteiger partial charge on any atom is -0.326 e. The van der Waals surface area contributed by atoms with Gasteiger partial charge in [-0.3, -0.25) is 9.63 Å². The summed E-state index contributed by atoms with van der Waals surface area (Å²) in [5.41, 5.74) is 0.598. The van der Waals surface area contributed by atoms with Crippen LogP contribution in [0, 0.1) is 5.92 Å². The second-order valence-corrected chi connectivity index (χ2v) is 6.67. The zero-order valence-electron chi connectivity index (χ0n) is 11.5. The van der Waals surface area contributed by atoms with E-state index in [2.05, 4.69) is 5.32 Å². The molecule has 0 radical (unpaired) electrons. The van der Waals surface area contributed by atoms with Gasteiger partial charge in [0, 0.05) is 18.7 Å². The summed E-state index contributed by atoms with van der Waals surface area (Å²) in [5, 5.41) is 2.79. The Morgan fingerprint density at radius 1 is 1.30 bits per heavy atom. The first-order valence-electron chi connectivity index (χ1n) is 6.39. The Labute approximate surface area is 118 Å². The first-order valence-corrected chi connectivity index (χ1v) is 7.83. The molecule has 0 aromatic heterocycles. The first kappa shape index (κ1) is 15.0. The fraction of sp³-hybridized carbons (Fsp3) is 0.462. The van der Waals surface area contributed by atoms with E-state index in [1.54, 1.807) is 12.1 Å². The lowest BCUT2D eigenvalue weighted by Crippen LogP contribution is -2.28. The molecule has 0 bridgehead atoms. The van der Waals surface area contributed by atoms with Crippen molar-refractivity contribution in [2.24, 2.45) is 5.92 Å². The molecular formula is C13H18N2O4S. The van der Waals surface area contributed by atoms with Crippen LogP contribution in [0.1, 0.15) is 19.3 Å². The van der Waals surface area contributed by atoms with E-state index in [0.29, 0.717) is 5.69 Å². The van der Waals surface area contributed by atoms with E-state index in [1.807, 2.05) is 0 Å². The lowest BCUT2D eigenvalue weighted by Gasteiger charge is -2.24. The van der Waals surface area contributed by atoms with Gasteiger partial charge in [-0.05, 0) is 37.1 Å². The van der Waals surface area contributed by atoms with Gasteiger partial charge in [-0.2, -0.15) is 0 Å². The summed E-state index contributed by atoms with van der Waals surface area (Å²) in [6.07, 6.45) is 2.95. The Kier molecular flexibility index (Phi) is 4.42. The SMILES string of the molecule is CON(C)S(=O)(=O)c1ccc(NC(=O)C2CCC2)cc1. The molecule has 1 fully saturated rings. The molecule has 6 nitrogen and oxygen atoms in total. The third kappa shape index (κ3) is 3.00. The first-order chi connectivity index (χ1) is 9.45. The van der Waals surface area contributed by atoms with Gasteiger partial charge in [-0.1, -0.05) is 10.9 Å². The molecule has 1 aliphatic rings. The van der Waals surface area contributed by atoms with Gasteiger partial charge in [0.15, 0.2) is 0 Å². The molecule has 0 aliphatic heterocycles. The summed E-state index contributed by atoms with van der Waals surface area (Å²) in [5.74, 6) is 0.0962. The average molecular weight is 298 g/mol. The van der Waals surface area contributed by atoms with E-state index in [9.17, 15) is 13.2 Å². The smallest absolute Gasteiger partial charge is 0.264 e. The summed E-state index contributed by atoms with van der Waals surface area (Å²) < 4.78 is 24.7. The normalized spacial score (nSPS) is 15.9. The molecule has 0 spiro atoms. The number of nitrogens with zero attached hydrogens (tertiary/aromatic N) is 1. The van der Waals surface area contributed by atoms with Crippen molar-refractivity contribution in [3.8, 4) is 0 Å². The van der Waals surface area contributed by atoms with Crippen molar-refractivity contribution < 1.29 is 18.0 Å². The number of rotatable bonds is 5. The number of hydroxylamine groups is 1. The Morgan fingerprint density at radius 3 is 2.35 bits per heavy atom. The lowest BCUT2D eigenvalue weighted by molar-refractivity contribution is -0.122. The molecule has 2 rings (SSSR count). The number of benzene rings is 1. The van der Waals surface area contributed by atoms with E-state index in [1.165, 1.54) is 26.3 Å². The monoisotopic (exact) mass is 298 g/mol. The maximum atomic E-state index is 12.0. The molecular weight excluding hydrogens is 280 g/mol. The highest BCUT2D eigenvalue weighted by molar-refractivity contribution is 7.89. The van der Waals surface area contributed by atoms with Crippen molar-refractivity contribution in [1.82, 2.24) is 4.47 Å². The Morgan fingerprint density at radius 2 is 1.90 bits per heavy atom. The maximum absolute atomic E-state index is 12.0. The second kappa shape index (κ2) is 5.90. The van der Waals surface area contributed by atoms with Crippen LogP contribution in [0.4, 0.5) is 5.69 Å². The van der Waals surface area contributed by atoms with E-state index in [-0.39, 0.29) is 16.7 Å². The number of hydrogen-bond acceptors (Lipinski definition) is 4. The highest BCUT2D eigenvalue weighted by atomic mass is 32.2. The zero-order valence-corrected chi connectivity index (χ0v) is 12.3. The summed E-state index contributed by atoms with van der Waals surface area (Å²) in [6, 6.07) is 6.04. The molecule has 1 aromatic carbocycles. The predicted octanol–water partition coefficient (Wildman–Crippen LogP) is 1.61. The molecule has 20 heavy (non-hydrogen) atoms. The number of anilines is 1. The molecule has 1 N–H and O–H groups in total. The van der Waals surface area contributed by atoms with Crippen LogP contribution in [-0.4, -0.2) is 33.0 Å². The van der Waals surface area contributed by atoms with Gasteiger partial charge in [-0.15, -0.1) is 0 Å². The molecule has 110 valence electrons. The molecule has 1 aromatic rings. The standard InChI is InChI=1S/C13H18N2O4S/c1-15(19-2)20(17,18)12-8-6-11(7-9-12)14-13(16)10-4-3-5-10/h6-10H,3-5H2,1-2H3,(H,14,16). The quantitative estimate of drug-likeness (QED) is 0.838. The molecule has 1 saturated carbocycles. The summed E-state index contributed by atoms with van der Waals surface area (Å²) >= 11 is 0. The van der Waals surface area contributed by atoms with Gasteiger partial charge in [0.05, 0.1) is 12.0 Å². The highest BCUT2D eigenvalue weighted by Crippen LogP contribution is 2.27. The molecule has 0 saturated heterocycles. The molecule has 1 aliphatic carbocycles. The van der Waals surface area contributed by atoms with Gasteiger partial charge >= 0.3 is 0 Å². The van der Waals surface area contributed by atoms with Gasteiger partial charge in [0.2, 0.25) is 5.91 Å². The zero-order chi connectivity index (χ0) is 14.8. The Balaban J connectivity index is 2.08. The Bertz CT molecular complexity index is 579. The average Bonchev–Trinajstić information content (AvgIpc) is 2.36. The lowest BCUT2D eigenvalue weighted by atomic mass is 9.85. The van der Waals surface area contributed by atoms with Crippen LogP contribution in [0.5, 0.6) is 0 Å². The van der Waals surface area contributed by atoms with E-state index < -0.39 is 10.0 Å². The van der Waals surface area contributed by atoms with Crippen molar-refractivity contribution in [3.63, 3.8) is 0 Å². The number of carbonyl (C=O) groups excluding carboxylic acids is 1. The molecule has 0 atom stereocenters. The topological polar surface area (TPSA) is 75.7 Å². The molecule has 0 unspecified atom stereocenters.